The van der Waals surface area contributed by atoms with Crippen LogP contribution in [0, 0.1) is 12.7 Å². The summed E-state index contributed by atoms with van der Waals surface area (Å²) in [7, 11) is 0. The minimum absolute atomic E-state index is 0.0719. The number of aliphatic hydroxyl groups excluding tert-OH is 1. The lowest BCUT2D eigenvalue weighted by Crippen LogP contribution is -2.01. The summed E-state index contributed by atoms with van der Waals surface area (Å²) < 4.78 is 19.2. The highest BCUT2D eigenvalue weighted by Crippen LogP contribution is 2.23. The van der Waals surface area contributed by atoms with E-state index >= 15 is 0 Å². The van der Waals surface area contributed by atoms with Gasteiger partial charge in [-0.1, -0.05) is 41.4 Å². The van der Waals surface area contributed by atoms with Crippen LogP contribution >= 0.6 is 11.6 Å². The fourth-order valence-corrected chi connectivity index (χ4v) is 1.98. The van der Waals surface area contributed by atoms with E-state index in [-0.39, 0.29) is 18.2 Å². The zero-order valence-electron chi connectivity index (χ0n) is 10.5. The standard InChI is InChI=1S/C15H14ClFO2/c1-10-5-6-14(12(7-10)8-18)19-9-11-3-2-4-13(16)15(11)17/h2-7,18H,8-9H2,1H3. The van der Waals surface area contributed by atoms with Crippen LogP contribution in [0.25, 0.3) is 0 Å². The molecular formula is C15H14ClFO2. The van der Waals surface area contributed by atoms with Crippen molar-refractivity contribution in [3.63, 3.8) is 0 Å². The molecule has 0 spiro atoms. The van der Waals surface area contributed by atoms with E-state index in [9.17, 15) is 9.50 Å². The predicted molar refractivity (Wildman–Crippen MR) is 72.8 cm³/mol. The first-order chi connectivity index (χ1) is 9.11. The van der Waals surface area contributed by atoms with Crippen molar-refractivity contribution >= 4 is 11.6 Å². The summed E-state index contributed by atoms with van der Waals surface area (Å²) in [5.74, 6) is 0.0781. The van der Waals surface area contributed by atoms with Crippen LogP contribution in [0.1, 0.15) is 16.7 Å². The van der Waals surface area contributed by atoms with Gasteiger partial charge in [-0.3, -0.25) is 0 Å². The number of halogens is 2. The largest absolute Gasteiger partial charge is 0.488 e. The highest BCUT2D eigenvalue weighted by molar-refractivity contribution is 6.30. The molecule has 0 radical (unpaired) electrons. The number of benzene rings is 2. The Bertz CT molecular complexity index is 584. The monoisotopic (exact) mass is 280 g/mol. The summed E-state index contributed by atoms with van der Waals surface area (Å²) in [6.45, 7) is 1.89. The second-order valence-corrected chi connectivity index (χ2v) is 4.68. The zero-order valence-corrected chi connectivity index (χ0v) is 11.2. The maximum absolute atomic E-state index is 13.7. The zero-order chi connectivity index (χ0) is 13.8. The van der Waals surface area contributed by atoms with Crippen molar-refractivity contribution in [2.75, 3.05) is 0 Å². The Morgan fingerprint density at radius 3 is 2.74 bits per heavy atom. The lowest BCUT2D eigenvalue weighted by Gasteiger charge is -2.11. The van der Waals surface area contributed by atoms with Gasteiger partial charge in [0.1, 0.15) is 18.2 Å². The summed E-state index contributed by atoms with van der Waals surface area (Å²) in [5.41, 5.74) is 2.10. The smallest absolute Gasteiger partial charge is 0.148 e. The lowest BCUT2D eigenvalue weighted by molar-refractivity contribution is 0.257. The Morgan fingerprint density at radius 1 is 1.21 bits per heavy atom. The average Bonchev–Trinajstić information content (AvgIpc) is 2.41. The molecule has 2 nitrogen and oxygen atoms in total. The molecule has 0 amide bonds. The van der Waals surface area contributed by atoms with Crippen LogP contribution in [0.15, 0.2) is 36.4 Å². The van der Waals surface area contributed by atoms with E-state index < -0.39 is 5.82 Å². The Morgan fingerprint density at radius 2 is 2.00 bits per heavy atom. The van der Waals surface area contributed by atoms with Gasteiger partial charge in [-0.2, -0.15) is 0 Å². The van der Waals surface area contributed by atoms with Crippen LogP contribution in [0.3, 0.4) is 0 Å². The summed E-state index contributed by atoms with van der Waals surface area (Å²) in [5, 5.41) is 9.34. The topological polar surface area (TPSA) is 29.5 Å². The number of hydrogen-bond acceptors (Lipinski definition) is 2. The quantitative estimate of drug-likeness (QED) is 0.921. The lowest BCUT2D eigenvalue weighted by atomic mass is 10.1. The van der Waals surface area contributed by atoms with E-state index in [2.05, 4.69) is 0 Å². The summed E-state index contributed by atoms with van der Waals surface area (Å²) in [4.78, 5) is 0. The van der Waals surface area contributed by atoms with E-state index in [4.69, 9.17) is 16.3 Å². The molecule has 0 bridgehead atoms. The molecule has 4 heteroatoms. The van der Waals surface area contributed by atoms with Gasteiger partial charge in [-0.25, -0.2) is 4.39 Å². The Kier molecular flexibility index (Phi) is 4.40. The summed E-state index contributed by atoms with van der Waals surface area (Å²) in [6, 6.07) is 10.3. The van der Waals surface area contributed by atoms with Crippen LogP contribution < -0.4 is 4.74 Å². The van der Waals surface area contributed by atoms with Crippen LogP contribution in [0.5, 0.6) is 5.75 Å². The maximum atomic E-state index is 13.7. The van der Waals surface area contributed by atoms with Crippen molar-refractivity contribution in [1.29, 1.82) is 0 Å². The second kappa shape index (κ2) is 6.04. The molecule has 0 saturated heterocycles. The van der Waals surface area contributed by atoms with Crippen molar-refractivity contribution in [2.24, 2.45) is 0 Å². The summed E-state index contributed by atoms with van der Waals surface area (Å²) in [6.07, 6.45) is 0. The number of ether oxygens (including phenoxy) is 1. The highest BCUT2D eigenvalue weighted by Gasteiger charge is 2.08. The van der Waals surface area contributed by atoms with Crippen molar-refractivity contribution in [2.45, 2.75) is 20.1 Å². The second-order valence-electron chi connectivity index (χ2n) is 4.27. The molecule has 0 aromatic heterocycles. The predicted octanol–water partition coefficient (Wildman–Crippen LogP) is 3.86. The summed E-state index contributed by atoms with van der Waals surface area (Å²) >= 11 is 5.70. The van der Waals surface area contributed by atoms with Gasteiger partial charge in [0.25, 0.3) is 0 Å². The maximum Gasteiger partial charge on any atom is 0.148 e. The first kappa shape index (κ1) is 13.8. The molecule has 2 aromatic carbocycles. The van der Waals surface area contributed by atoms with Crippen molar-refractivity contribution in [3.05, 3.63) is 63.9 Å². The molecule has 0 fully saturated rings. The molecule has 1 N–H and O–H groups in total. The van der Waals surface area contributed by atoms with Crippen molar-refractivity contribution in [1.82, 2.24) is 0 Å². The molecule has 19 heavy (non-hydrogen) atoms. The fraction of sp³-hybridized carbons (Fsp3) is 0.200. The molecule has 2 aromatic rings. The number of rotatable bonds is 4. The molecule has 0 aliphatic carbocycles. The van der Waals surface area contributed by atoms with Gasteiger partial charge >= 0.3 is 0 Å². The Labute approximate surface area is 116 Å². The van der Waals surface area contributed by atoms with Gasteiger partial charge in [-0.15, -0.1) is 0 Å². The Balaban J connectivity index is 2.17. The van der Waals surface area contributed by atoms with Gasteiger partial charge in [-0.05, 0) is 19.1 Å². The highest BCUT2D eigenvalue weighted by atomic mass is 35.5. The number of hydrogen-bond donors (Lipinski definition) is 1. The first-order valence-corrected chi connectivity index (χ1v) is 6.25. The van der Waals surface area contributed by atoms with Gasteiger partial charge in [0.15, 0.2) is 0 Å². The van der Waals surface area contributed by atoms with Crippen LogP contribution in [-0.2, 0) is 13.2 Å². The van der Waals surface area contributed by atoms with Gasteiger partial charge in [0.05, 0.1) is 11.6 Å². The van der Waals surface area contributed by atoms with E-state index in [0.717, 1.165) is 5.56 Å². The van der Waals surface area contributed by atoms with Crippen LogP contribution in [-0.4, -0.2) is 5.11 Å². The van der Waals surface area contributed by atoms with E-state index in [1.807, 2.05) is 19.1 Å². The van der Waals surface area contributed by atoms with Gasteiger partial charge in [0, 0.05) is 11.1 Å². The van der Waals surface area contributed by atoms with Crippen molar-refractivity contribution in [3.8, 4) is 5.75 Å². The van der Waals surface area contributed by atoms with E-state index in [0.29, 0.717) is 16.9 Å². The van der Waals surface area contributed by atoms with Crippen LogP contribution in [0.4, 0.5) is 4.39 Å². The minimum atomic E-state index is -0.471. The SMILES string of the molecule is Cc1ccc(OCc2cccc(Cl)c2F)c(CO)c1. The molecule has 0 heterocycles. The normalized spacial score (nSPS) is 10.5. The molecule has 0 aliphatic rings. The molecule has 0 aliphatic heterocycles. The van der Waals surface area contributed by atoms with Crippen LogP contribution in [0.2, 0.25) is 5.02 Å². The third kappa shape index (κ3) is 3.25. The molecule has 100 valence electrons. The van der Waals surface area contributed by atoms with Gasteiger partial charge < -0.3 is 9.84 Å². The third-order valence-electron chi connectivity index (χ3n) is 2.80. The third-order valence-corrected chi connectivity index (χ3v) is 3.09. The molecule has 0 atom stereocenters. The Hall–Kier alpha value is -1.58. The van der Waals surface area contributed by atoms with E-state index in [1.54, 1.807) is 18.2 Å². The number of aryl methyl sites for hydroxylation is 1. The molecule has 2 rings (SSSR count). The number of aliphatic hydroxyl groups is 1. The molecule has 0 saturated carbocycles. The van der Waals surface area contributed by atoms with Gasteiger partial charge in [0.2, 0.25) is 0 Å². The van der Waals surface area contributed by atoms with Crippen molar-refractivity contribution < 1.29 is 14.2 Å². The minimum Gasteiger partial charge on any atom is -0.488 e. The van der Waals surface area contributed by atoms with E-state index in [1.165, 1.54) is 6.07 Å². The average molecular weight is 281 g/mol. The molecule has 0 unspecified atom stereocenters. The first-order valence-electron chi connectivity index (χ1n) is 5.88. The molecular weight excluding hydrogens is 267 g/mol. The fourth-order valence-electron chi connectivity index (χ4n) is 1.79.